The largest absolute Gasteiger partial charge is 0.383 e. The van der Waals surface area contributed by atoms with Gasteiger partial charge in [0.05, 0.1) is 0 Å². The Hall–Kier alpha value is -1.32. The molecule has 0 atom stereocenters. The Labute approximate surface area is 113 Å². The molecular formula is C15H21N3O. The van der Waals surface area contributed by atoms with Crippen LogP contribution in [0.15, 0.2) is 10.9 Å². The van der Waals surface area contributed by atoms with E-state index in [9.17, 15) is 4.79 Å². The fourth-order valence-electron chi connectivity index (χ4n) is 5.42. The Kier molecular flexibility index (Phi) is 2.19. The van der Waals surface area contributed by atoms with Crippen LogP contribution >= 0.6 is 0 Å². The number of anilines is 1. The predicted molar refractivity (Wildman–Crippen MR) is 73.7 cm³/mol. The number of nitrogen functional groups attached to an aromatic ring is 1. The predicted octanol–water partition coefficient (Wildman–Crippen LogP) is 1.83. The van der Waals surface area contributed by atoms with Gasteiger partial charge >= 0.3 is 0 Å². The molecule has 4 nitrogen and oxygen atoms in total. The van der Waals surface area contributed by atoms with Crippen LogP contribution in [0.5, 0.6) is 0 Å². The molecule has 0 aromatic carbocycles. The molecule has 0 spiro atoms. The van der Waals surface area contributed by atoms with Crippen molar-refractivity contribution in [2.24, 2.45) is 24.8 Å². The van der Waals surface area contributed by atoms with Gasteiger partial charge in [0.25, 0.3) is 5.56 Å². The fourth-order valence-corrected chi connectivity index (χ4v) is 5.42. The summed E-state index contributed by atoms with van der Waals surface area (Å²) in [7, 11) is 1.85. The number of hydrogen-bond donors (Lipinski definition) is 1. The first-order chi connectivity index (χ1) is 9.06. The van der Waals surface area contributed by atoms with Crippen molar-refractivity contribution in [2.45, 2.75) is 43.9 Å². The Bertz CT molecular complexity index is 554. The van der Waals surface area contributed by atoms with Gasteiger partial charge in [0.15, 0.2) is 0 Å². The summed E-state index contributed by atoms with van der Waals surface area (Å²) in [5, 5.41) is 0. The Morgan fingerprint density at radius 1 is 1.21 bits per heavy atom. The molecule has 1 aromatic heterocycles. The molecule has 4 heteroatoms. The van der Waals surface area contributed by atoms with Crippen molar-refractivity contribution in [2.75, 3.05) is 5.73 Å². The molecule has 0 unspecified atom stereocenters. The van der Waals surface area contributed by atoms with Gasteiger partial charge in [0, 0.05) is 18.5 Å². The van der Waals surface area contributed by atoms with E-state index in [1.54, 1.807) is 4.57 Å². The summed E-state index contributed by atoms with van der Waals surface area (Å²) in [5.41, 5.74) is 5.94. The van der Waals surface area contributed by atoms with Crippen molar-refractivity contribution in [1.82, 2.24) is 9.55 Å². The first-order valence-corrected chi connectivity index (χ1v) is 7.40. The van der Waals surface area contributed by atoms with Crippen molar-refractivity contribution < 1.29 is 0 Å². The highest BCUT2D eigenvalue weighted by molar-refractivity contribution is 5.29. The molecule has 1 aromatic rings. The fraction of sp³-hybridized carbons (Fsp3) is 0.733. The van der Waals surface area contributed by atoms with Crippen LogP contribution in [0.2, 0.25) is 0 Å². The van der Waals surface area contributed by atoms with E-state index in [1.165, 1.54) is 44.6 Å². The van der Waals surface area contributed by atoms with Gasteiger partial charge in [0.1, 0.15) is 11.6 Å². The molecule has 1 heterocycles. The average molecular weight is 259 g/mol. The highest BCUT2D eigenvalue weighted by atomic mass is 16.1. The van der Waals surface area contributed by atoms with Crippen molar-refractivity contribution in [3.05, 3.63) is 22.2 Å². The highest BCUT2D eigenvalue weighted by Crippen LogP contribution is 2.60. The molecule has 5 rings (SSSR count). The Morgan fingerprint density at radius 3 is 2.26 bits per heavy atom. The second kappa shape index (κ2) is 3.62. The number of nitrogens with two attached hydrogens (primary N) is 1. The van der Waals surface area contributed by atoms with Crippen molar-refractivity contribution >= 4 is 5.82 Å². The van der Waals surface area contributed by atoms with Gasteiger partial charge in [-0.1, -0.05) is 0 Å². The van der Waals surface area contributed by atoms with Crippen LogP contribution in [-0.4, -0.2) is 9.55 Å². The second-order valence-electron chi connectivity index (χ2n) is 7.10. The lowest BCUT2D eigenvalue weighted by Gasteiger charge is -2.56. The van der Waals surface area contributed by atoms with Crippen LogP contribution in [0, 0.1) is 17.8 Å². The minimum Gasteiger partial charge on any atom is -0.383 e. The summed E-state index contributed by atoms with van der Waals surface area (Å²) in [5.74, 6) is 3.89. The summed E-state index contributed by atoms with van der Waals surface area (Å²) in [6.07, 6.45) is 7.83. The van der Waals surface area contributed by atoms with Gasteiger partial charge in [-0.25, -0.2) is 4.98 Å². The first kappa shape index (κ1) is 11.5. The number of rotatable bonds is 1. The van der Waals surface area contributed by atoms with Crippen LogP contribution in [0.4, 0.5) is 5.82 Å². The van der Waals surface area contributed by atoms with Crippen LogP contribution < -0.4 is 11.3 Å². The highest BCUT2D eigenvalue weighted by Gasteiger charge is 2.53. The van der Waals surface area contributed by atoms with E-state index in [1.807, 2.05) is 7.05 Å². The third kappa shape index (κ3) is 1.58. The molecule has 0 saturated heterocycles. The Morgan fingerprint density at radius 2 is 1.74 bits per heavy atom. The van der Waals surface area contributed by atoms with Crippen LogP contribution in [0.25, 0.3) is 0 Å². The van der Waals surface area contributed by atoms with Crippen LogP contribution in [0.3, 0.4) is 0 Å². The molecule has 0 amide bonds. The zero-order valence-electron chi connectivity index (χ0n) is 11.4. The van der Waals surface area contributed by atoms with E-state index in [0.717, 1.165) is 23.6 Å². The monoisotopic (exact) mass is 259 g/mol. The van der Waals surface area contributed by atoms with Crippen LogP contribution in [0.1, 0.15) is 44.3 Å². The topological polar surface area (TPSA) is 60.9 Å². The van der Waals surface area contributed by atoms with Gasteiger partial charge in [-0.05, 0) is 56.3 Å². The van der Waals surface area contributed by atoms with Crippen molar-refractivity contribution in [3.63, 3.8) is 0 Å². The van der Waals surface area contributed by atoms with E-state index < -0.39 is 0 Å². The molecule has 4 aliphatic carbocycles. The van der Waals surface area contributed by atoms with Crippen molar-refractivity contribution in [3.8, 4) is 0 Å². The maximum Gasteiger partial charge on any atom is 0.255 e. The minimum absolute atomic E-state index is 0.0155. The third-order valence-corrected chi connectivity index (χ3v) is 5.67. The summed E-state index contributed by atoms with van der Waals surface area (Å²) in [6, 6.07) is 1.43. The zero-order chi connectivity index (χ0) is 13.2. The molecule has 2 N–H and O–H groups in total. The first-order valence-electron chi connectivity index (χ1n) is 7.40. The van der Waals surface area contributed by atoms with Crippen LogP contribution in [-0.2, 0) is 12.5 Å². The Balaban J connectivity index is 1.86. The molecule has 102 valence electrons. The van der Waals surface area contributed by atoms with E-state index >= 15 is 0 Å². The molecule has 0 radical (unpaired) electrons. The summed E-state index contributed by atoms with van der Waals surface area (Å²) < 4.78 is 1.74. The lowest BCUT2D eigenvalue weighted by Crippen LogP contribution is -2.51. The molecule has 0 aliphatic heterocycles. The number of aromatic nitrogens is 2. The average Bonchev–Trinajstić information content (AvgIpc) is 2.32. The number of nitrogens with zero attached hydrogens (tertiary/aromatic N) is 2. The number of hydrogen-bond acceptors (Lipinski definition) is 3. The third-order valence-electron chi connectivity index (χ3n) is 5.67. The maximum absolute atomic E-state index is 12.0. The summed E-state index contributed by atoms with van der Waals surface area (Å²) in [6.45, 7) is 0. The molecule has 4 saturated carbocycles. The molecular weight excluding hydrogens is 238 g/mol. The van der Waals surface area contributed by atoms with Gasteiger partial charge in [-0.3, -0.25) is 9.36 Å². The SMILES string of the molecule is Cn1c(C23CC4CC(CC(C4)C2)C3)nc(N)cc1=O. The summed E-state index contributed by atoms with van der Waals surface area (Å²) >= 11 is 0. The summed E-state index contributed by atoms with van der Waals surface area (Å²) in [4.78, 5) is 16.6. The smallest absolute Gasteiger partial charge is 0.255 e. The van der Waals surface area contributed by atoms with E-state index in [2.05, 4.69) is 4.98 Å². The zero-order valence-corrected chi connectivity index (χ0v) is 11.4. The van der Waals surface area contributed by atoms with E-state index in [4.69, 9.17) is 5.73 Å². The molecule has 4 fully saturated rings. The van der Waals surface area contributed by atoms with E-state index in [0.29, 0.717) is 5.82 Å². The molecule has 4 aliphatic rings. The van der Waals surface area contributed by atoms with Gasteiger partial charge in [-0.15, -0.1) is 0 Å². The lowest BCUT2D eigenvalue weighted by atomic mass is 9.49. The second-order valence-corrected chi connectivity index (χ2v) is 7.10. The van der Waals surface area contributed by atoms with Gasteiger partial charge < -0.3 is 5.73 Å². The lowest BCUT2D eigenvalue weighted by molar-refractivity contribution is -0.0112. The standard InChI is InChI=1S/C15H21N3O/c1-18-13(19)5-12(16)17-14(18)15-6-9-2-10(7-15)4-11(3-9)8-15/h5,9-11H,2-4,6-8,16H2,1H3. The van der Waals surface area contributed by atoms with E-state index in [-0.39, 0.29) is 11.0 Å². The minimum atomic E-state index is -0.0155. The quantitative estimate of drug-likeness (QED) is 0.837. The van der Waals surface area contributed by atoms with Crippen molar-refractivity contribution in [1.29, 1.82) is 0 Å². The molecule has 4 bridgehead atoms. The van der Waals surface area contributed by atoms with Gasteiger partial charge in [-0.2, -0.15) is 0 Å². The maximum atomic E-state index is 12.0. The normalized spacial score (nSPS) is 39.7. The molecule has 19 heavy (non-hydrogen) atoms. The van der Waals surface area contributed by atoms with Gasteiger partial charge in [0.2, 0.25) is 0 Å².